The van der Waals surface area contributed by atoms with Crippen molar-refractivity contribution in [3.63, 3.8) is 0 Å². The zero-order valence-corrected chi connectivity index (χ0v) is 12.6. The molecule has 0 aliphatic rings. The van der Waals surface area contributed by atoms with Crippen LogP contribution in [0.4, 0.5) is 10.1 Å². The van der Waals surface area contributed by atoms with Crippen LogP contribution in [-0.2, 0) is 0 Å². The molecule has 0 atom stereocenters. The molecule has 0 aliphatic heterocycles. The van der Waals surface area contributed by atoms with Gasteiger partial charge in [-0.3, -0.25) is 14.9 Å². The summed E-state index contributed by atoms with van der Waals surface area (Å²) in [5.41, 5.74) is 2.23. The number of nitro benzene ring substituents is 1. The first-order valence-corrected chi connectivity index (χ1v) is 6.79. The molecule has 2 aromatic carbocycles. The molecule has 1 amide bonds. The van der Waals surface area contributed by atoms with E-state index in [1.807, 2.05) is 0 Å². The van der Waals surface area contributed by atoms with E-state index in [1.165, 1.54) is 0 Å². The maximum Gasteiger partial charge on any atom is 0.271 e. The molecule has 0 saturated heterocycles. The van der Waals surface area contributed by atoms with Crippen molar-refractivity contribution in [1.82, 2.24) is 5.43 Å². The van der Waals surface area contributed by atoms with Gasteiger partial charge in [-0.05, 0) is 24.3 Å². The quantitative estimate of drug-likeness (QED) is 0.512. The van der Waals surface area contributed by atoms with Crippen molar-refractivity contribution in [3.8, 4) is 0 Å². The summed E-state index contributed by atoms with van der Waals surface area (Å²) < 4.78 is 14.2. The molecule has 1 N–H and O–H groups in total. The van der Waals surface area contributed by atoms with Gasteiger partial charge in [0, 0.05) is 27.7 Å². The maximum absolute atomic E-state index is 13.5. The van der Waals surface area contributed by atoms with Crippen molar-refractivity contribution < 1.29 is 14.1 Å². The van der Waals surface area contributed by atoms with Gasteiger partial charge in [0.25, 0.3) is 11.6 Å². The number of amides is 1. The van der Waals surface area contributed by atoms with Gasteiger partial charge < -0.3 is 0 Å². The molecule has 0 aromatic heterocycles. The van der Waals surface area contributed by atoms with Crippen LogP contribution in [0, 0.1) is 15.9 Å². The van der Waals surface area contributed by atoms with E-state index in [4.69, 9.17) is 0 Å². The average molecular weight is 366 g/mol. The van der Waals surface area contributed by atoms with Crippen molar-refractivity contribution >= 4 is 33.7 Å². The molecular formula is C14H9BrFN3O3. The van der Waals surface area contributed by atoms with E-state index < -0.39 is 16.6 Å². The summed E-state index contributed by atoms with van der Waals surface area (Å²) in [7, 11) is 0. The highest BCUT2D eigenvalue weighted by molar-refractivity contribution is 9.10. The Morgan fingerprint density at radius 2 is 2.09 bits per heavy atom. The lowest BCUT2D eigenvalue weighted by Crippen LogP contribution is -2.17. The number of nitrogens with one attached hydrogen (secondary N) is 1. The normalized spacial score (nSPS) is 10.6. The molecule has 0 heterocycles. The van der Waals surface area contributed by atoms with E-state index in [9.17, 15) is 19.3 Å². The van der Waals surface area contributed by atoms with Crippen LogP contribution in [0.25, 0.3) is 0 Å². The zero-order chi connectivity index (χ0) is 16.1. The molecule has 22 heavy (non-hydrogen) atoms. The van der Waals surface area contributed by atoms with Crippen molar-refractivity contribution in [1.29, 1.82) is 0 Å². The summed E-state index contributed by atoms with van der Waals surface area (Å²) in [4.78, 5) is 21.8. The maximum atomic E-state index is 13.5. The fourth-order valence-corrected chi connectivity index (χ4v) is 2.00. The Bertz CT molecular complexity index is 765. The van der Waals surface area contributed by atoms with Gasteiger partial charge in [-0.25, -0.2) is 9.82 Å². The molecule has 0 unspecified atom stereocenters. The number of nitro groups is 1. The number of nitrogens with zero attached hydrogens (tertiary/aromatic N) is 2. The van der Waals surface area contributed by atoms with Gasteiger partial charge in [0.1, 0.15) is 5.82 Å². The summed E-state index contributed by atoms with van der Waals surface area (Å²) in [6.45, 7) is 0. The SMILES string of the molecule is O=C(N/N=C/c1cc([N+](=O)[O-])ccc1F)c1cccc(Br)c1. The van der Waals surface area contributed by atoms with Gasteiger partial charge in [0.2, 0.25) is 0 Å². The number of hydrogen-bond donors (Lipinski definition) is 1. The highest BCUT2D eigenvalue weighted by Crippen LogP contribution is 2.15. The first-order valence-electron chi connectivity index (χ1n) is 6.00. The van der Waals surface area contributed by atoms with E-state index in [0.717, 1.165) is 28.9 Å². The van der Waals surface area contributed by atoms with Crippen molar-refractivity contribution in [2.75, 3.05) is 0 Å². The molecular weight excluding hydrogens is 357 g/mol. The number of hydrogen-bond acceptors (Lipinski definition) is 4. The van der Waals surface area contributed by atoms with E-state index in [2.05, 4.69) is 26.5 Å². The second-order valence-electron chi connectivity index (χ2n) is 4.17. The van der Waals surface area contributed by atoms with Crippen LogP contribution in [-0.4, -0.2) is 17.0 Å². The number of halogens is 2. The fraction of sp³-hybridized carbons (Fsp3) is 0. The first kappa shape index (κ1) is 15.8. The molecule has 112 valence electrons. The lowest BCUT2D eigenvalue weighted by atomic mass is 10.2. The minimum absolute atomic E-state index is 0.0938. The van der Waals surface area contributed by atoms with Gasteiger partial charge >= 0.3 is 0 Å². The summed E-state index contributed by atoms with van der Waals surface area (Å²) in [5, 5.41) is 14.2. The van der Waals surface area contributed by atoms with Crippen LogP contribution in [0.1, 0.15) is 15.9 Å². The standard InChI is InChI=1S/C14H9BrFN3O3/c15-11-3-1-2-9(6-11)14(20)18-17-8-10-7-12(19(21)22)4-5-13(10)16/h1-8H,(H,18,20)/b17-8+. The largest absolute Gasteiger partial charge is 0.271 e. The number of carbonyl (C=O) groups excluding carboxylic acids is 1. The molecule has 0 spiro atoms. The minimum atomic E-state index is -0.675. The number of benzene rings is 2. The topological polar surface area (TPSA) is 84.6 Å². The third kappa shape index (κ3) is 3.95. The number of non-ortho nitro benzene ring substituents is 1. The monoisotopic (exact) mass is 365 g/mol. The Morgan fingerprint density at radius 3 is 2.77 bits per heavy atom. The van der Waals surface area contributed by atoms with Gasteiger partial charge in [-0.15, -0.1) is 0 Å². The van der Waals surface area contributed by atoms with Crippen LogP contribution in [0.5, 0.6) is 0 Å². The van der Waals surface area contributed by atoms with E-state index >= 15 is 0 Å². The molecule has 6 nitrogen and oxygen atoms in total. The fourth-order valence-electron chi connectivity index (χ4n) is 1.60. The lowest BCUT2D eigenvalue weighted by molar-refractivity contribution is -0.384. The first-order chi connectivity index (χ1) is 10.5. The molecule has 2 rings (SSSR count). The van der Waals surface area contributed by atoms with Crippen LogP contribution < -0.4 is 5.43 Å². The number of carbonyl (C=O) groups is 1. The minimum Gasteiger partial charge on any atom is -0.267 e. The van der Waals surface area contributed by atoms with Crippen LogP contribution >= 0.6 is 15.9 Å². The van der Waals surface area contributed by atoms with Gasteiger partial charge in [-0.2, -0.15) is 5.10 Å². The predicted octanol–water partition coefficient (Wildman–Crippen LogP) is 3.26. The lowest BCUT2D eigenvalue weighted by Gasteiger charge is -2.00. The second kappa shape index (κ2) is 6.90. The summed E-state index contributed by atoms with van der Waals surface area (Å²) in [6.07, 6.45) is 1.01. The van der Waals surface area contributed by atoms with E-state index in [0.29, 0.717) is 5.56 Å². The third-order valence-electron chi connectivity index (χ3n) is 2.65. The number of hydrazone groups is 1. The molecule has 0 radical (unpaired) electrons. The van der Waals surface area contributed by atoms with Gasteiger partial charge in [0.05, 0.1) is 11.1 Å². The Kier molecular flexibility index (Phi) is 4.95. The summed E-state index contributed by atoms with van der Waals surface area (Å²) in [5.74, 6) is -1.16. The Hall–Kier alpha value is -2.61. The predicted molar refractivity (Wildman–Crippen MR) is 82.3 cm³/mol. The molecule has 0 aliphatic carbocycles. The van der Waals surface area contributed by atoms with Crippen LogP contribution in [0.15, 0.2) is 52.0 Å². The van der Waals surface area contributed by atoms with Crippen molar-refractivity contribution in [2.45, 2.75) is 0 Å². The van der Waals surface area contributed by atoms with Crippen molar-refractivity contribution in [2.24, 2.45) is 5.10 Å². The summed E-state index contributed by atoms with van der Waals surface area (Å²) in [6, 6.07) is 9.68. The zero-order valence-electron chi connectivity index (χ0n) is 11.0. The smallest absolute Gasteiger partial charge is 0.267 e. The molecule has 0 saturated carbocycles. The third-order valence-corrected chi connectivity index (χ3v) is 3.14. The van der Waals surface area contributed by atoms with Gasteiger partial charge in [0.15, 0.2) is 0 Å². The van der Waals surface area contributed by atoms with Crippen molar-refractivity contribution in [3.05, 3.63) is 74.0 Å². The Labute approximate surface area is 132 Å². The highest BCUT2D eigenvalue weighted by atomic mass is 79.9. The average Bonchev–Trinajstić information content (AvgIpc) is 2.48. The molecule has 0 fully saturated rings. The van der Waals surface area contributed by atoms with Gasteiger partial charge in [-0.1, -0.05) is 22.0 Å². The number of rotatable bonds is 4. The van der Waals surface area contributed by atoms with E-state index in [-0.39, 0.29) is 11.3 Å². The molecule has 2 aromatic rings. The summed E-state index contributed by atoms with van der Waals surface area (Å²) >= 11 is 3.23. The van der Waals surface area contributed by atoms with Crippen LogP contribution in [0.3, 0.4) is 0 Å². The highest BCUT2D eigenvalue weighted by Gasteiger charge is 2.09. The molecule has 0 bridgehead atoms. The molecule has 8 heteroatoms. The van der Waals surface area contributed by atoms with E-state index in [1.54, 1.807) is 24.3 Å². The Balaban J connectivity index is 2.11. The second-order valence-corrected chi connectivity index (χ2v) is 5.09. The van der Waals surface area contributed by atoms with Crippen LogP contribution in [0.2, 0.25) is 0 Å². The Morgan fingerprint density at radius 1 is 1.32 bits per heavy atom.